The van der Waals surface area contributed by atoms with E-state index in [2.05, 4.69) is 59.2 Å². The second-order valence-corrected chi connectivity index (χ2v) is 7.27. The lowest BCUT2D eigenvalue weighted by Gasteiger charge is -2.36. The van der Waals surface area contributed by atoms with Gasteiger partial charge in [-0.15, -0.1) is 0 Å². The Kier molecular flexibility index (Phi) is 3.91. The van der Waals surface area contributed by atoms with Gasteiger partial charge < -0.3 is 22.1 Å². The van der Waals surface area contributed by atoms with Gasteiger partial charge in [0.2, 0.25) is 0 Å². The third-order valence-electron chi connectivity index (χ3n) is 5.52. The van der Waals surface area contributed by atoms with Gasteiger partial charge in [0, 0.05) is 11.1 Å². The zero-order valence-electron chi connectivity index (χ0n) is 15.9. The number of nitrogens with two attached hydrogens (primary N) is 2. The van der Waals surface area contributed by atoms with Gasteiger partial charge in [0.25, 0.3) is 0 Å². The van der Waals surface area contributed by atoms with Crippen molar-refractivity contribution in [3.05, 3.63) is 108 Å². The van der Waals surface area contributed by atoms with E-state index < -0.39 is 5.66 Å². The molecule has 5 rings (SSSR count). The maximum Gasteiger partial charge on any atom is 0.162 e. The first-order valence-corrected chi connectivity index (χ1v) is 9.64. The molecule has 0 bridgehead atoms. The Labute approximate surface area is 170 Å². The van der Waals surface area contributed by atoms with Gasteiger partial charge in [-0.2, -0.15) is 0 Å². The standard InChI is InChI=1S/C25H22N4/c26-21-13-5-7-15-23(21)28-25(29-24-16-8-6-14-22(24)27)19-11-3-1-9-17(19)18-10-2-4-12-20(18)25/h1-16,28-29H,26-27H2. The molecule has 0 fully saturated rings. The number of para-hydroxylation sites is 4. The zero-order valence-corrected chi connectivity index (χ0v) is 15.9. The fourth-order valence-corrected chi connectivity index (χ4v) is 4.16. The minimum absolute atomic E-state index is 0.691. The van der Waals surface area contributed by atoms with E-state index >= 15 is 0 Å². The predicted molar refractivity (Wildman–Crippen MR) is 122 cm³/mol. The van der Waals surface area contributed by atoms with E-state index in [1.54, 1.807) is 0 Å². The van der Waals surface area contributed by atoms with Crippen LogP contribution in [0.4, 0.5) is 22.7 Å². The zero-order chi connectivity index (χ0) is 19.8. The summed E-state index contributed by atoms with van der Waals surface area (Å²) < 4.78 is 0. The summed E-state index contributed by atoms with van der Waals surface area (Å²) in [6, 6.07) is 32.5. The van der Waals surface area contributed by atoms with Gasteiger partial charge in [-0.05, 0) is 35.4 Å². The van der Waals surface area contributed by atoms with E-state index in [1.165, 1.54) is 11.1 Å². The molecule has 4 aromatic rings. The monoisotopic (exact) mass is 378 g/mol. The number of hydrogen-bond acceptors (Lipinski definition) is 4. The Morgan fingerprint density at radius 1 is 0.483 bits per heavy atom. The van der Waals surface area contributed by atoms with Crippen LogP contribution in [0.1, 0.15) is 11.1 Å². The number of benzene rings is 4. The molecule has 0 saturated carbocycles. The topological polar surface area (TPSA) is 76.1 Å². The van der Waals surface area contributed by atoms with Crippen molar-refractivity contribution in [3.8, 4) is 11.1 Å². The van der Waals surface area contributed by atoms with Crippen molar-refractivity contribution in [2.45, 2.75) is 5.66 Å². The van der Waals surface area contributed by atoms with E-state index in [4.69, 9.17) is 11.5 Å². The normalized spacial score (nSPS) is 13.4. The van der Waals surface area contributed by atoms with Crippen molar-refractivity contribution in [2.75, 3.05) is 22.1 Å². The Morgan fingerprint density at radius 2 is 0.862 bits per heavy atom. The van der Waals surface area contributed by atoms with Crippen LogP contribution in [-0.4, -0.2) is 0 Å². The van der Waals surface area contributed by atoms with Crippen molar-refractivity contribution >= 4 is 22.7 Å². The van der Waals surface area contributed by atoms with Gasteiger partial charge in [-0.25, -0.2) is 0 Å². The lowest BCUT2D eigenvalue weighted by atomic mass is 9.95. The van der Waals surface area contributed by atoms with Crippen molar-refractivity contribution < 1.29 is 0 Å². The largest absolute Gasteiger partial charge is 0.397 e. The van der Waals surface area contributed by atoms with Crippen molar-refractivity contribution in [3.63, 3.8) is 0 Å². The van der Waals surface area contributed by atoms with E-state index in [9.17, 15) is 0 Å². The second-order valence-electron chi connectivity index (χ2n) is 7.27. The van der Waals surface area contributed by atoms with Gasteiger partial charge in [0.1, 0.15) is 0 Å². The fourth-order valence-electron chi connectivity index (χ4n) is 4.16. The number of anilines is 4. The minimum Gasteiger partial charge on any atom is -0.397 e. The Bertz CT molecular complexity index is 1100. The molecule has 0 amide bonds. The highest BCUT2D eigenvalue weighted by atomic mass is 15.2. The molecule has 6 N–H and O–H groups in total. The summed E-state index contributed by atoms with van der Waals surface area (Å²) in [4.78, 5) is 0. The highest BCUT2D eigenvalue weighted by molar-refractivity contribution is 5.86. The highest BCUT2D eigenvalue weighted by Crippen LogP contribution is 2.50. The molecular weight excluding hydrogens is 356 g/mol. The molecule has 1 aliphatic carbocycles. The summed E-state index contributed by atoms with van der Waals surface area (Å²) in [7, 11) is 0. The molecule has 0 radical (unpaired) electrons. The SMILES string of the molecule is Nc1ccccc1NC1(Nc2ccccc2N)c2ccccc2-c2ccccc21. The fraction of sp³-hybridized carbons (Fsp3) is 0.0400. The molecule has 0 heterocycles. The molecule has 142 valence electrons. The summed E-state index contributed by atoms with van der Waals surface area (Å²) in [6.07, 6.45) is 0. The molecule has 4 nitrogen and oxygen atoms in total. The van der Waals surface area contributed by atoms with Crippen LogP contribution in [0.25, 0.3) is 11.1 Å². The van der Waals surface area contributed by atoms with E-state index in [0.717, 1.165) is 22.5 Å². The summed E-state index contributed by atoms with van der Waals surface area (Å²) >= 11 is 0. The van der Waals surface area contributed by atoms with Crippen molar-refractivity contribution in [2.24, 2.45) is 0 Å². The van der Waals surface area contributed by atoms with Crippen LogP contribution in [0.5, 0.6) is 0 Å². The van der Waals surface area contributed by atoms with Crippen LogP contribution in [0.3, 0.4) is 0 Å². The average molecular weight is 378 g/mol. The maximum atomic E-state index is 6.31. The third kappa shape index (κ3) is 2.69. The molecule has 4 heteroatoms. The van der Waals surface area contributed by atoms with Crippen LogP contribution < -0.4 is 22.1 Å². The maximum absolute atomic E-state index is 6.31. The Balaban J connectivity index is 1.77. The van der Waals surface area contributed by atoms with Crippen LogP contribution in [0, 0.1) is 0 Å². The molecule has 0 aromatic heterocycles. The van der Waals surface area contributed by atoms with Crippen LogP contribution in [-0.2, 0) is 5.66 Å². The predicted octanol–water partition coefficient (Wildman–Crippen LogP) is 5.26. The molecule has 29 heavy (non-hydrogen) atoms. The van der Waals surface area contributed by atoms with Crippen molar-refractivity contribution in [1.29, 1.82) is 0 Å². The number of fused-ring (bicyclic) bond motifs is 3. The lowest BCUT2D eigenvalue weighted by molar-refractivity contribution is 0.701. The van der Waals surface area contributed by atoms with E-state index in [0.29, 0.717) is 11.4 Å². The summed E-state index contributed by atoms with van der Waals surface area (Å²) in [6.45, 7) is 0. The van der Waals surface area contributed by atoms with Crippen LogP contribution in [0.2, 0.25) is 0 Å². The second kappa shape index (κ2) is 6.60. The van der Waals surface area contributed by atoms with Gasteiger partial charge in [0.05, 0.1) is 22.7 Å². The first kappa shape index (κ1) is 17.2. The highest BCUT2D eigenvalue weighted by Gasteiger charge is 2.43. The van der Waals surface area contributed by atoms with Gasteiger partial charge in [-0.1, -0.05) is 72.8 Å². The molecule has 4 aromatic carbocycles. The van der Waals surface area contributed by atoms with Crippen molar-refractivity contribution in [1.82, 2.24) is 0 Å². The average Bonchev–Trinajstić information content (AvgIpc) is 3.02. The molecular formula is C25H22N4. The molecule has 0 saturated heterocycles. The van der Waals surface area contributed by atoms with Crippen LogP contribution >= 0.6 is 0 Å². The number of rotatable bonds is 4. The van der Waals surface area contributed by atoms with Crippen LogP contribution in [0.15, 0.2) is 97.1 Å². The molecule has 0 atom stereocenters. The number of hydrogen-bond donors (Lipinski definition) is 4. The number of nitrogen functional groups attached to an aromatic ring is 2. The first-order valence-electron chi connectivity index (χ1n) is 9.64. The lowest BCUT2D eigenvalue weighted by Crippen LogP contribution is -2.43. The van der Waals surface area contributed by atoms with Gasteiger partial charge in [-0.3, -0.25) is 0 Å². The minimum atomic E-state index is -0.710. The van der Waals surface area contributed by atoms with E-state index in [1.807, 2.05) is 48.5 Å². The Hall–Kier alpha value is -3.92. The summed E-state index contributed by atoms with van der Waals surface area (Å²) in [5, 5.41) is 7.44. The molecule has 0 aliphatic heterocycles. The molecule has 1 aliphatic rings. The number of nitrogens with one attached hydrogen (secondary N) is 2. The Morgan fingerprint density at radius 3 is 1.31 bits per heavy atom. The van der Waals surface area contributed by atoms with Gasteiger partial charge in [0.15, 0.2) is 5.66 Å². The first-order chi connectivity index (χ1) is 14.2. The quantitative estimate of drug-likeness (QED) is 0.289. The summed E-state index contributed by atoms with van der Waals surface area (Å²) in [5.41, 5.74) is 19.6. The molecule has 0 unspecified atom stereocenters. The summed E-state index contributed by atoms with van der Waals surface area (Å²) in [5.74, 6) is 0. The van der Waals surface area contributed by atoms with Gasteiger partial charge >= 0.3 is 0 Å². The smallest absolute Gasteiger partial charge is 0.162 e. The third-order valence-corrected chi connectivity index (χ3v) is 5.52. The van der Waals surface area contributed by atoms with E-state index in [-0.39, 0.29) is 0 Å². The molecule has 0 spiro atoms.